The third-order valence-corrected chi connectivity index (χ3v) is 5.11. The van der Waals surface area contributed by atoms with Gasteiger partial charge in [-0.1, -0.05) is 32.9 Å². The molecule has 6 heteroatoms. The second kappa shape index (κ2) is 9.16. The minimum atomic E-state index is -0.237. The zero-order chi connectivity index (χ0) is 20.9. The van der Waals surface area contributed by atoms with Crippen LogP contribution < -0.4 is 15.0 Å². The molecule has 0 aliphatic carbocycles. The van der Waals surface area contributed by atoms with Crippen LogP contribution in [0.2, 0.25) is 0 Å². The van der Waals surface area contributed by atoms with Crippen molar-refractivity contribution in [3.05, 3.63) is 59.9 Å². The number of amides is 2. The number of ether oxygens (including phenoxy) is 1. The van der Waals surface area contributed by atoms with Gasteiger partial charge < -0.3 is 19.9 Å². The van der Waals surface area contributed by atoms with E-state index in [9.17, 15) is 9.18 Å². The molecule has 0 bridgehead atoms. The molecule has 1 aliphatic heterocycles. The van der Waals surface area contributed by atoms with Gasteiger partial charge in [0.1, 0.15) is 18.2 Å². The summed E-state index contributed by atoms with van der Waals surface area (Å²) >= 11 is 0. The molecule has 2 aromatic rings. The highest BCUT2D eigenvalue weighted by Gasteiger charge is 2.21. The molecule has 156 valence electrons. The Kier molecular flexibility index (Phi) is 6.62. The van der Waals surface area contributed by atoms with E-state index in [2.05, 4.69) is 43.1 Å². The van der Waals surface area contributed by atoms with Gasteiger partial charge in [-0.25, -0.2) is 9.18 Å². The van der Waals surface area contributed by atoms with Gasteiger partial charge in [0.2, 0.25) is 0 Å². The van der Waals surface area contributed by atoms with E-state index in [0.717, 1.165) is 24.5 Å². The number of carbonyl (C=O) groups is 1. The fourth-order valence-electron chi connectivity index (χ4n) is 3.31. The Morgan fingerprint density at radius 2 is 1.76 bits per heavy atom. The second-order valence-electron chi connectivity index (χ2n) is 8.31. The van der Waals surface area contributed by atoms with E-state index >= 15 is 0 Å². The minimum absolute atomic E-state index is 0.0731. The van der Waals surface area contributed by atoms with Gasteiger partial charge in [-0.2, -0.15) is 0 Å². The van der Waals surface area contributed by atoms with Crippen molar-refractivity contribution in [2.24, 2.45) is 0 Å². The normalized spacial score (nSPS) is 14.6. The molecule has 0 atom stereocenters. The Bertz CT molecular complexity index is 810. The molecule has 2 amide bonds. The van der Waals surface area contributed by atoms with Crippen LogP contribution in [-0.4, -0.2) is 50.3 Å². The molecule has 1 heterocycles. The zero-order valence-corrected chi connectivity index (χ0v) is 17.5. The largest absolute Gasteiger partial charge is 0.492 e. The van der Waals surface area contributed by atoms with E-state index in [4.69, 9.17) is 4.74 Å². The summed E-state index contributed by atoms with van der Waals surface area (Å²) in [5.41, 5.74) is 2.28. The Morgan fingerprint density at radius 1 is 1.07 bits per heavy atom. The zero-order valence-electron chi connectivity index (χ0n) is 17.5. The quantitative estimate of drug-likeness (QED) is 0.772. The lowest BCUT2D eigenvalue weighted by atomic mass is 9.87. The molecule has 0 saturated carbocycles. The van der Waals surface area contributed by atoms with Crippen LogP contribution in [0, 0.1) is 5.82 Å². The van der Waals surface area contributed by atoms with Crippen LogP contribution in [0.5, 0.6) is 5.75 Å². The van der Waals surface area contributed by atoms with E-state index in [1.807, 2.05) is 12.1 Å². The molecule has 3 rings (SSSR count). The molecule has 0 radical (unpaired) electrons. The smallest absolute Gasteiger partial charge is 0.317 e. The molecular formula is C23H30FN3O2. The van der Waals surface area contributed by atoms with Crippen LogP contribution in [0.4, 0.5) is 14.9 Å². The van der Waals surface area contributed by atoms with Crippen molar-refractivity contribution in [2.45, 2.75) is 26.2 Å². The monoisotopic (exact) mass is 399 g/mol. The molecule has 0 spiro atoms. The maximum Gasteiger partial charge on any atom is 0.317 e. The molecule has 1 fully saturated rings. The number of benzene rings is 2. The fourth-order valence-corrected chi connectivity index (χ4v) is 3.31. The van der Waals surface area contributed by atoms with Crippen molar-refractivity contribution in [3.8, 4) is 5.75 Å². The van der Waals surface area contributed by atoms with Gasteiger partial charge in [-0.15, -0.1) is 0 Å². The summed E-state index contributed by atoms with van der Waals surface area (Å²) in [5.74, 6) is 0.582. The second-order valence-corrected chi connectivity index (χ2v) is 8.31. The molecule has 1 saturated heterocycles. The van der Waals surface area contributed by atoms with Crippen molar-refractivity contribution in [1.82, 2.24) is 10.2 Å². The Morgan fingerprint density at radius 3 is 2.41 bits per heavy atom. The summed E-state index contributed by atoms with van der Waals surface area (Å²) in [4.78, 5) is 16.3. The summed E-state index contributed by atoms with van der Waals surface area (Å²) in [7, 11) is 0. The first-order chi connectivity index (χ1) is 13.8. The van der Waals surface area contributed by atoms with Crippen molar-refractivity contribution < 1.29 is 13.9 Å². The number of hydrogen-bond donors (Lipinski definition) is 1. The first-order valence-electron chi connectivity index (χ1n) is 10.1. The van der Waals surface area contributed by atoms with Crippen molar-refractivity contribution in [1.29, 1.82) is 0 Å². The number of rotatable bonds is 5. The maximum atomic E-state index is 13.1. The maximum absolute atomic E-state index is 13.1. The van der Waals surface area contributed by atoms with Crippen LogP contribution in [0.3, 0.4) is 0 Å². The van der Waals surface area contributed by atoms with Crippen LogP contribution in [0.1, 0.15) is 26.3 Å². The van der Waals surface area contributed by atoms with E-state index in [1.165, 1.54) is 17.7 Å². The molecule has 2 aromatic carbocycles. The third kappa shape index (κ3) is 5.86. The number of urea groups is 1. The van der Waals surface area contributed by atoms with Gasteiger partial charge >= 0.3 is 6.03 Å². The molecule has 0 aromatic heterocycles. The van der Waals surface area contributed by atoms with Gasteiger partial charge in [-0.3, -0.25) is 0 Å². The van der Waals surface area contributed by atoms with Crippen LogP contribution in [0.15, 0.2) is 48.5 Å². The van der Waals surface area contributed by atoms with E-state index < -0.39 is 0 Å². The highest BCUT2D eigenvalue weighted by Crippen LogP contribution is 2.25. The fraction of sp³-hybridized carbons (Fsp3) is 0.435. The van der Waals surface area contributed by atoms with Crippen molar-refractivity contribution in [3.63, 3.8) is 0 Å². The SMILES string of the molecule is CC(C)(C)c1cccc(OCCNC(=O)N2CCN(c3ccc(F)cc3)CC2)c1. The minimum Gasteiger partial charge on any atom is -0.492 e. The summed E-state index contributed by atoms with van der Waals surface area (Å²) in [6.45, 7) is 10.1. The van der Waals surface area contributed by atoms with Crippen LogP contribution in [-0.2, 0) is 5.41 Å². The first-order valence-corrected chi connectivity index (χ1v) is 10.1. The average molecular weight is 400 g/mol. The summed E-state index contributed by atoms with van der Waals surface area (Å²) in [6, 6.07) is 14.5. The third-order valence-electron chi connectivity index (χ3n) is 5.11. The number of carbonyl (C=O) groups excluding carboxylic acids is 1. The number of piperazine rings is 1. The lowest BCUT2D eigenvalue weighted by Gasteiger charge is -2.36. The molecule has 1 aliphatic rings. The highest BCUT2D eigenvalue weighted by molar-refractivity contribution is 5.74. The Balaban J connectivity index is 1.39. The number of hydrogen-bond acceptors (Lipinski definition) is 3. The summed E-state index contributed by atoms with van der Waals surface area (Å²) in [6.07, 6.45) is 0. The molecular weight excluding hydrogens is 369 g/mol. The lowest BCUT2D eigenvalue weighted by Crippen LogP contribution is -2.52. The van der Waals surface area contributed by atoms with Crippen molar-refractivity contribution >= 4 is 11.7 Å². The van der Waals surface area contributed by atoms with Crippen LogP contribution >= 0.6 is 0 Å². The standard InChI is InChI=1S/C23H30FN3O2/c1-23(2,3)18-5-4-6-21(17-18)29-16-11-25-22(28)27-14-12-26(13-15-27)20-9-7-19(24)8-10-20/h4-10,17H,11-16H2,1-3H3,(H,25,28). The number of nitrogens with zero attached hydrogens (tertiary/aromatic N) is 2. The van der Waals surface area contributed by atoms with Crippen molar-refractivity contribution in [2.75, 3.05) is 44.2 Å². The Labute approximate surface area is 172 Å². The van der Waals surface area contributed by atoms with Gasteiger partial charge in [0.15, 0.2) is 0 Å². The molecule has 1 N–H and O–H groups in total. The lowest BCUT2D eigenvalue weighted by molar-refractivity contribution is 0.191. The predicted octanol–water partition coefficient (Wildman–Crippen LogP) is 4.03. The predicted molar refractivity (Wildman–Crippen MR) is 114 cm³/mol. The van der Waals surface area contributed by atoms with Gasteiger partial charge in [0, 0.05) is 31.9 Å². The highest BCUT2D eigenvalue weighted by atomic mass is 19.1. The van der Waals surface area contributed by atoms with E-state index in [1.54, 1.807) is 17.0 Å². The topological polar surface area (TPSA) is 44.8 Å². The average Bonchev–Trinajstić information content (AvgIpc) is 2.71. The molecule has 5 nitrogen and oxygen atoms in total. The van der Waals surface area contributed by atoms with Gasteiger partial charge in [0.05, 0.1) is 6.54 Å². The summed E-state index contributed by atoms with van der Waals surface area (Å²) < 4.78 is 18.9. The summed E-state index contributed by atoms with van der Waals surface area (Å²) in [5, 5.41) is 2.92. The van der Waals surface area contributed by atoms with E-state index in [-0.39, 0.29) is 17.3 Å². The first kappa shape index (κ1) is 21.0. The molecule has 0 unspecified atom stereocenters. The number of nitrogens with one attached hydrogen (secondary N) is 1. The number of halogens is 1. The van der Waals surface area contributed by atoms with Gasteiger partial charge in [0.25, 0.3) is 0 Å². The molecule has 29 heavy (non-hydrogen) atoms. The van der Waals surface area contributed by atoms with Gasteiger partial charge in [-0.05, 0) is 47.4 Å². The van der Waals surface area contributed by atoms with Crippen LogP contribution in [0.25, 0.3) is 0 Å². The number of anilines is 1. The van der Waals surface area contributed by atoms with E-state index in [0.29, 0.717) is 26.2 Å². The Hall–Kier alpha value is -2.76.